The van der Waals surface area contributed by atoms with E-state index in [9.17, 15) is 26.7 Å². The maximum absolute atomic E-state index is 13.6. The fourth-order valence-electron chi connectivity index (χ4n) is 2.59. The maximum atomic E-state index is 13.6. The van der Waals surface area contributed by atoms with Gasteiger partial charge in [-0.15, -0.1) is 0 Å². The van der Waals surface area contributed by atoms with Gasteiger partial charge in [-0.1, -0.05) is 11.6 Å². The zero-order chi connectivity index (χ0) is 17.6. The zero-order valence-corrected chi connectivity index (χ0v) is 12.5. The number of benzene rings is 1. The molecule has 1 amide bonds. The molecule has 128 valence electrons. The summed E-state index contributed by atoms with van der Waals surface area (Å²) < 4.78 is 71.3. The number of halogens is 6. The number of rotatable bonds is 3. The molecule has 1 aromatic carbocycles. The van der Waals surface area contributed by atoms with Crippen molar-refractivity contribution >= 4 is 23.2 Å². The third-order valence-electron chi connectivity index (χ3n) is 3.89. The molecule has 1 aliphatic heterocycles. The van der Waals surface area contributed by atoms with Crippen molar-refractivity contribution in [2.24, 2.45) is 5.73 Å². The first-order chi connectivity index (χ1) is 10.5. The molecule has 0 aromatic heterocycles. The molecule has 2 atom stereocenters. The zero-order valence-electron chi connectivity index (χ0n) is 11.8. The molecule has 1 saturated heterocycles. The molecule has 0 saturated carbocycles. The summed E-state index contributed by atoms with van der Waals surface area (Å²) >= 11 is 5.67. The summed E-state index contributed by atoms with van der Waals surface area (Å²) in [6, 6.07) is 0.257. The predicted octanol–water partition coefficient (Wildman–Crippen LogP) is 2.63. The predicted molar refractivity (Wildman–Crippen MR) is 72.1 cm³/mol. The van der Waals surface area contributed by atoms with Gasteiger partial charge in [0.15, 0.2) is 17.2 Å². The average Bonchev–Trinajstić information content (AvgIpc) is 2.86. The maximum Gasteiger partial charge on any atom is 0.419 e. The highest BCUT2D eigenvalue weighted by atomic mass is 35.5. The fourth-order valence-corrected chi connectivity index (χ4v) is 2.85. The molecule has 0 radical (unpaired) electrons. The number of carbonyl (C=O) groups excluding carboxylic acids is 1. The highest BCUT2D eigenvalue weighted by Crippen LogP contribution is 2.46. The van der Waals surface area contributed by atoms with Crippen molar-refractivity contribution in [3.05, 3.63) is 28.8 Å². The van der Waals surface area contributed by atoms with Crippen LogP contribution in [0.25, 0.3) is 0 Å². The molecule has 1 fully saturated rings. The molecule has 0 spiro atoms. The Hall–Kier alpha value is -1.61. The van der Waals surface area contributed by atoms with Crippen LogP contribution in [0.3, 0.4) is 0 Å². The lowest BCUT2D eigenvalue weighted by Gasteiger charge is -2.30. The van der Waals surface area contributed by atoms with Gasteiger partial charge in [0.1, 0.15) is 11.1 Å². The minimum atomic E-state index is -4.80. The topological polar surface area (TPSA) is 55.6 Å². The molecule has 23 heavy (non-hydrogen) atoms. The van der Waals surface area contributed by atoms with Gasteiger partial charge in [-0.25, -0.2) is 8.78 Å². The number of methoxy groups -OCH3 is 1. The Kier molecular flexibility index (Phi) is 4.46. The number of nitrogens with zero attached hydrogens (tertiary/aromatic N) is 1. The van der Waals surface area contributed by atoms with Gasteiger partial charge in [0, 0.05) is 13.5 Å². The summed E-state index contributed by atoms with van der Waals surface area (Å²) in [7, 11) is 0.849. The second-order valence-corrected chi connectivity index (χ2v) is 5.52. The van der Waals surface area contributed by atoms with E-state index in [0.29, 0.717) is 6.07 Å². The quantitative estimate of drug-likeness (QED) is 0.667. The Morgan fingerprint density at radius 3 is 2.52 bits per heavy atom. The summed E-state index contributed by atoms with van der Waals surface area (Å²) in [6.07, 6.45) is -5.58. The molecule has 1 heterocycles. The van der Waals surface area contributed by atoms with Crippen LogP contribution in [0.15, 0.2) is 12.1 Å². The van der Waals surface area contributed by atoms with E-state index < -0.39 is 53.3 Å². The van der Waals surface area contributed by atoms with E-state index in [1.807, 2.05) is 0 Å². The molecule has 0 bridgehead atoms. The minimum absolute atomic E-state index is 0.266. The Labute approximate surface area is 132 Å². The molecule has 4 nitrogen and oxygen atoms in total. The lowest BCUT2D eigenvalue weighted by Crippen LogP contribution is -2.49. The summed E-state index contributed by atoms with van der Waals surface area (Å²) in [5, 5.41) is -0.731. The van der Waals surface area contributed by atoms with Crippen molar-refractivity contribution in [3.8, 4) is 0 Å². The van der Waals surface area contributed by atoms with Crippen LogP contribution in [0.4, 0.5) is 27.6 Å². The number of nitrogens with two attached hydrogens (primary N) is 1. The van der Waals surface area contributed by atoms with E-state index >= 15 is 0 Å². The minimum Gasteiger partial charge on any atom is -0.368 e. The van der Waals surface area contributed by atoms with Crippen LogP contribution >= 0.6 is 11.6 Å². The smallest absolute Gasteiger partial charge is 0.368 e. The van der Waals surface area contributed by atoms with Crippen molar-refractivity contribution in [2.75, 3.05) is 18.6 Å². The average molecular weight is 359 g/mol. The van der Waals surface area contributed by atoms with Gasteiger partial charge in [0.05, 0.1) is 12.2 Å². The molecule has 0 aliphatic carbocycles. The van der Waals surface area contributed by atoms with Crippen LogP contribution in [0.1, 0.15) is 6.42 Å². The summed E-state index contributed by atoms with van der Waals surface area (Å²) in [5.74, 6) is -3.74. The lowest BCUT2D eigenvalue weighted by molar-refractivity contribution is -0.261. The SMILES string of the molecule is COC1(C(F)(F)F)CC(C(N)=O)N(c2ccc(F)c(F)c2Cl)C1. The van der Waals surface area contributed by atoms with Gasteiger partial charge in [-0.2, -0.15) is 13.2 Å². The van der Waals surface area contributed by atoms with E-state index in [0.717, 1.165) is 18.1 Å². The van der Waals surface area contributed by atoms with Gasteiger partial charge >= 0.3 is 6.18 Å². The highest BCUT2D eigenvalue weighted by Gasteiger charge is 2.62. The number of anilines is 1. The highest BCUT2D eigenvalue weighted by molar-refractivity contribution is 6.33. The molecule has 2 rings (SSSR count). The molecular formula is C13H12ClF5N2O2. The van der Waals surface area contributed by atoms with E-state index in [-0.39, 0.29) is 5.69 Å². The van der Waals surface area contributed by atoms with Gasteiger partial charge in [-0.3, -0.25) is 4.79 Å². The van der Waals surface area contributed by atoms with Crippen molar-refractivity contribution in [1.29, 1.82) is 0 Å². The Morgan fingerprint density at radius 2 is 2.04 bits per heavy atom. The van der Waals surface area contributed by atoms with E-state index in [1.165, 1.54) is 0 Å². The van der Waals surface area contributed by atoms with Crippen LogP contribution in [0.5, 0.6) is 0 Å². The number of primary amides is 1. The number of hydrogen-bond donors (Lipinski definition) is 1. The van der Waals surface area contributed by atoms with Crippen LogP contribution in [-0.4, -0.2) is 37.4 Å². The second-order valence-electron chi connectivity index (χ2n) is 5.14. The van der Waals surface area contributed by atoms with E-state index in [1.54, 1.807) is 0 Å². The number of carbonyl (C=O) groups is 1. The molecule has 2 N–H and O–H groups in total. The third-order valence-corrected chi connectivity index (χ3v) is 4.24. The van der Waals surface area contributed by atoms with Crippen molar-refractivity contribution in [2.45, 2.75) is 24.2 Å². The Bertz CT molecular complexity index is 640. The van der Waals surface area contributed by atoms with Crippen molar-refractivity contribution < 1.29 is 31.5 Å². The molecule has 1 aromatic rings. The lowest BCUT2D eigenvalue weighted by atomic mass is 9.99. The molecular weight excluding hydrogens is 347 g/mol. The monoisotopic (exact) mass is 358 g/mol. The number of hydrogen-bond acceptors (Lipinski definition) is 3. The number of alkyl halides is 3. The Balaban J connectivity index is 2.53. The van der Waals surface area contributed by atoms with Crippen LogP contribution in [0.2, 0.25) is 5.02 Å². The molecule has 10 heteroatoms. The van der Waals surface area contributed by atoms with Crippen LogP contribution in [-0.2, 0) is 9.53 Å². The van der Waals surface area contributed by atoms with E-state index in [2.05, 4.69) is 4.74 Å². The first kappa shape index (κ1) is 17.7. The van der Waals surface area contributed by atoms with Crippen LogP contribution < -0.4 is 10.6 Å². The Morgan fingerprint density at radius 1 is 1.43 bits per heavy atom. The number of amides is 1. The fraction of sp³-hybridized carbons (Fsp3) is 0.462. The summed E-state index contributed by atoms with van der Waals surface area (Å²) in [5.41, 5.74) is 2.22. The van der Waals surface area contributed by atoms with Crippen LogP contribution in [0, 0.1) is 11.6 Å². The summed E-state index contributed by atoms with van der Waals surface area (Å²) in [4.78, 5) is 12.4. The van der Waals surface area contributed by atoms with Gasteiger partial charge in [0.2, 0.25) is 5.91 Å². The van der Waals surface area contributed by atoms with Crippen molar-refractivity contribution in [1.82, 2.24) is 0 Å². The van der Waals surface area contributed by atoms with E-state index in [4.69, 9.17) is 17.3 Å². The third kappa shape index (κ3) is 2.83. The first-order valence-corrected chi connectivity index (χ1v) is 6.73. The molecule has 2 unspecified atom stereocenters. The standard InChI is InChI=1S/C13H12ClF5N2O2/c1-23-12(13(17,18)19)4-8(11(20)22)21(5-12)7-3-2-6(15)10(16)9(7)14/h2-3,8H,4-5H2,1H3,(H2,20,22). The second kappa shape index (κ2) is 5.79. The first-order valence-electron chi connectivity index (χ1n) is 6.35. The largest absolute Gasteiger partial charge is 0.419 e. The summed E-state index contributed by atoms with van der Waals surface area (Å²) in [6.45, 7) is -0.828. The molecule has 1 aliphatic rings. The van der Waals surface area contributed by atoms with Gasteiger partial charge in [-0.05, 0) is 12.1 Å². The van der Waals surface area contributed by atoms with Gasteiger partial charge < -0.3 is 15.4 Å². The number of ether oxygens (including phenoxy) is 1. The van der Waals surface area contributed by atoms with Gasteiger partial charge in [0.25, 0.3) is 0 Å². The normalized spacial score (nSPS) is 25.0. The van der Waals surface area contributed by atoms with Crippen molar-refractivity contribution in [3.63, 3.8) is 0 Å².